The topological polar surface area (TPSA) is 52.6 Å². The van der Waals surface area contributed by atoms with E-state index in [2.05, 4.69) is 60.7 Å². The van der Waals surface area contributed by atoms with Crippen molar-refractivity contribution in [2.24, 2.45) is 0 Å². The van der Waals surface area contributed by atoms with E-state index in [1.807, 2.05) is 48.5 Å². The number of furan rings is 4. The average molecular weight is 515 g/mol. The first-order valence-corrected chi connectivity index (χ1v) is 13.3. The Balaban J connectivity index is 1.20. The molecule has 0 bridgehead atoms. The summed E-state index contributed by atoms with van der Waals surface area (Å²) in [6, 6.07) is 37.3. The summed E-state index contributed by atoms with van der Waals surface area (Å²) < 4.78 is 25.0. The fourth-order valence-corrected chi connectivity index (χ4v) is 6.44. The van der Waals surface area contributed by atoms with Gasteiger partial charge in [-0.25, -0.2) is 0 Å². The quantitative estimate of drug-likeness (QED) is 0.219. The molecule has 10 aromatic rings. The second-order valence-corrected chi connectivity index (χ2v) is 10.5. The molecule has 0 spiro atoms. The molecule has 0 aliphatic carbocycles. The van der Waals surface area contributed by atoms with Crippen LogP contribution in [0.5, 0.6) is 0 Å². The van der Waals surface area contributed by atoms with Crippen LogP contribution in [0.1, 0.15) is 0 Å². The number of benzene rings is 6. The molecule has 0 saturated carbocycles. The van der Waals surface area contributed by atoms with Gasteiger partial charge in [-0.1, -0.05) is 48.5 Å². The summed E-state index contributed by atoms with van der Waals surface area (Å²) in [5, 5.41) is 8.52. The predicted octanol–water partition coefficient (Wildman–Crippen LogP) is 11.0. The Labute approximate surface area is 225 Å². The molecular formula is C36H18O4. The molecule has 6 aromatic carbocycles. The third-order valence-corrected chi connectivity index (χ3v) is 8.29. The Bertz CT molecular complexity index is 2470. The Morgan fingerprint density at radius 3 is 1.23 bits per heavy atom. The SMILES string of the molecule is c1ccc2c(c1)oc1ccc3c4cc(-c5ccc6oc7c(ccc8oc9ccccc9c87)c6c5)ccc4oc3c12. The van der Waals surface area contributed by atoms with Gasteiger partial charge in [0.05, 0.1) is 10.8 Å². The largest absolute Gasteiger partial charge is 0.456 e. The Morgan fingerprint density at radius 1 is 0.300 bits per heavy atom. The normalized spacial score (nSPS) is 12.5. The van der Waals surface area contributed by atoms with Crippen molar-refractivity contribution in [3.05, 3.63) is 109 Å². The van der Waals surface area contributed by atoms with E-state index >= 15 is 0 Å². The highest BCUT2D eigenvalue weighted by Gasteiger charge is 2.18. The summed E-state index contributed by atoms with van der Waals surface area (Å²) in [6.45, 7) is 0. The number of fused-ring (bicyclic) bond motifs is 14. The van der Waals surface area contributed by atoms with Crippen LogP contribution >= 0.6 is 0 Å². The first-order chi connectivity index (χ1) is 19.8. The summed E-state index contributed by atoms with van der Waals surface area (Å²) in [7, 11) is 0. The number of para-hydroxylation sites is 2. The van der Waals surface area contributed by atoms with E-state index in [-0.39, 0.29) is 0 Å². The van der Waals surface area contributed by atoms with E-state index in [4.69, 9.17) is 17.7 Å². The lowest BCUT2D eigenvalue weighted by Gasteiger charge is -2.02. The molecule has 4 aromatic heterocycles. The van der Waals surface area contributed by atoms with Gasteiger partial charge in [0.1, 0.15) is 44.7 Å². The minimum atomic E-state index is 0.838. The van der Waals surface area contributed by atoms with Crippen molar-refractivity contribution in [1.29, 1.82) is 0 Å². The lowest BCUT2D eigenvalue weighted by molar-refractivity contribution is 0.662. The number of hydrogen-bond acceptors (Lipinski definition) is 4. The monoisotopic (exact) mass is 514 g/mol. The summed E-state index contributed by atoms with van der Waals surface area (Å²) >= 11 is 0. The molecule has 4 nitrogen and oxygen atoms in total. The van der Waals surface area contributed by atoms with Crippen molar-refractivity contribution in [2.45, 2.75) is 0 Å². The van der Waals surface area contributed by atoms with Gasteiger partial charge >= 0.3 is 0 Å². The standard InChI is InChI=1S/C36H18O4/c1-3-7-27-23(5-1)33-31(37-27)15-11-21-25-17-19(9-13-29(25)39-35(21)33)20-10-14-30-26(18-20)22-12-16-32-34(36(22)40-30)24-6-2-4-8-28(24)38-32/h1-18H. The van der Waals surface area contributed by atoms with E-state index in [9.17, 15) is 0 Å². The van der Waals surface area contributed by atoms with E-state index in [0.717, 1.165) is 98.9 Å². The second-order valence-electron chi connectivity index (χ2n) is 10.5. The zero-order chi connectivity index (χ0) is 25.9. The van der Waals surface area contributed by atoms with Crippen LogP contribution in [0.15, 0.2) is 127 Å². The summed E-state index contributed by atoms with van der Waals surface area (Å²) in [5.74, 6) is 0. The van der Waals surface area contributed by atoms with Crippen molar-refractivity contribution in [1.82, 2.24) is 0 Å². The highest BCUT2D eigenvalue weighted by molar-refractivity contribution is 6.23. The van der Waals surface area contributed by atoms with Gasteiger partial charge in [-0.05, 0) is 71.8 Å². The summed E-state index contributed by atoms with van der Waals surface area (Å²) in [6.07, 6.45) is 0. The van der Waals surface area contributed by atoms with Crippen LogP contribution in [-0.4, -0.2) is 0 Å². The molecule has 10 rings (SSSR count). The molecule has 0 radical (unpaired) electrons. The van der Waals surface area contributed by atoms with Gasteiger partial charge in [0.25, 0.3) is 0 Å². The molecule has 186 valence electrons. The molecular weight excluding hydrogens is 496 g/mol. The highest BCUT2D eigenvalue weighted by Crippen LogP contribution is 2.42. The molecule has 0 aliphatic rings. The molecule has 0 saturated heterocycles. The average Bonchev–Trinajstić information content (AvgIpc) is 3.75. The Morgan fingerprint density at radius 2 is 0.725 bits per heavy atom. The maximum atomic E-state index is 6.42. The van der Waals surface area contributed by atoms with Crippen LogP contribution in [0.4, 0.5) is 0 Å². The maximum Gasteiger partial charge on any atom is 0.147 e. The van der Waals surface area contributed by atoms with E-state index < -0.39 is 0 Å². The summed E-state index contributed by atoms with van der Waals surface area (Å²) in [5.41, 5.74) is 9.11. The molecule has 4 heteroatoms. The first-order valence-electron chi connectivity index (χ1n) is 13.3. The molecule has 4 heterocycles. The minimum Gasteiger partial charge on any atom is -0.456 e. The predicted molar refractivity (Wildman–Crippen MR) is 161 cm³/mol. The maximum absolute atomic E-state index is 6.42. The first kappa shape index (κ1) is 20.5. The number of hydrogen-bond donors (Lipinski definition) is 0. The molecule has 0 N–H and O–H groups in total. The molecule has 0 unspecified atom stereocenters. The molecule has 0 fully saturated rings. The van der Waals surface area contributed by atoms with Gasteiger partial charge in [0.2, 0.25) is 0 Å². The smallest absolute Gasteiger partial charge is 0.147 e. The summed E-state index contributed by atoms with van der Waals surface area (Å²) in [4.78, 5) is 0. The van der Waals surface area contributed by atoms with Gasteiger partial charge in [-0.2, -0.15) is 0 Å². The van der Waals surface area contributed by atoms with Crippen LogP contribution in [0.25, 0.3) is 98.9 Å². The van der Waals surface area contributed by atoms with Gasteiger partial charge < -0.3 is 17.7 Å². The fraction of sp³-hybridized carbons (Fsp3) is 0. The van der Waals surface area contributed by atoms with Crippen LogP contribution in [-0.2, 0) is 0 Å². The van der Waals surface area contributed by atoms with Crippen LogP contribution in [0, 0.1) is 0 Å². The van der Waals surface area contributed by atoms with Gasteiger partial charge in [-0.15, -0.1) is 0 Å². The van der Waals surface area contributed by atoms with E-state index in [1.165, 1.54) is 0 Å². The van der Waals surface area contributed by atoms with E-state index in [0.29, 0.717) is 0 Å². The van der Waals surface area contributed by atoms with Crippen molar-refractivity contribution >= 4 is 87.8 Å². The third kappa shape index (κ3) is 2.55. The van der Waals surface area contributed by atoms with Gasteiger partial charge in [-0.3, -0.25) is 0 Å². The van der Waals surface area contributed by atoms with Crippen LogP contribution in [0.2, 0.25) is 0 Å². The molecule has 0 atom stereocenters. The minimum absolute atomic E-state index is 0.838. The molecule has 0 aliphatic heterocycles. The molecule has 0 amide bonds. The van der Waals surface area contributed by atoms with Crippen LogP contribution in [0.3, 0.4) is 0 Å². The van der Waals surface area contributed by atoms with Crippen molar-refractivity contribution < 1.29 is 17.7 Å². The van der Waals surface area contributed by atoms with Gasteiger partial charge in [0, 0.05) is 32.3 Å². The van der Waals surface area contributed by atoms with Crippen molar-refractivity contribution in [2.75, 3.05) is 0 Å². The van der Waals surface area contributed by atoms with Crippen LogP contribution < -0.4 is 0 Å². The van der Waals surface area contributed by atoms with Gasteiger partial charge in [0.15, 0.2) is 0 Å². The lowest BCUT2D eigenvalue weighted by Crippen LogP contribution is -1.78. The lowest BCUT2D eigenvalue weighted by atomic mass is 10.00. The number of rotatable bonds is 1. The zero-order valence-corrected chi connectivity index (χ0v) is 21.0. The highest BCUT2D eigenvalue weighted by atomic mass is 16.4. The molecule has 40 heavy (non-hydrogen) atoms. The Hall–Kier alpha value is -5.48. The Kier molecular flexibility index (Phi) is 3.65. The fourth-order valence-electron chi connectivity index (χ4n) is 6.44. The van der Waals surface area contributed by atoms with Crippen molar-refractivity contribution in [3.63, 3.8) is 0 Å². The second kappa shape index (κ2) is 7.13. The third-order valence-electron chi connectivity index (χ3n) is 8.29. The zero-order valence-electron chi connectivity index (χ0n) is 21.0. The van der Waals surface area contributed by atoms with Crippen molar-refractivity contribution in [3.8, 4) is 11.1 Å². The van der Waals surface area contributed by atoms with E-state index in [1.54, 1.807) is 0 Å².